The summed E-state index contributed by atoms with van der Waals surface area (Å²) in [6.07, 6.45) is 1.58. The van der Waals surface area contributed by atoms with E-state index in [1.54, 1.807) is 25.4 Å². The van der Waals surface area contributed by atoms with E-state index < -0.39 is 0 Å². The molecule has 11 heteroatoms. The van der Waals surface area contributed by atoms with Crippen LogP contribution in [0, 0.1) is 0 Å². The standard InChI is InChI=1S/C20H22ClN7O2.HI/c1-22-20(23-11-17-24-19(26-25-17)16-3-2-10-30-16)28-9-8-27(18(29)13-28)12-14-4-6-15(21)7-5-14;/h2-7,10H,8-9,11-13H2,1H3,(H,22,23)(H,24,25,26);1H. The van der Waals surface area contributed by atoms with Crippen molar-refractivity contribution in [2.45, 2.75) is 13.1 Å². The summed E-state index contributed by atoms with van der Waals surface area (Å²) in [7, 11) is 1.70. The van der Waals surface area contributed by atoms with Crippen molar-refractivity contribution >= 4 is 47.4 Å². The molecule has 164 valence electrons. The zero-order valence-corrected chi connectivity index (χ0v) is 20.0. The highest BCUT2D eigenvalue weighted by atomic mass is 127. The molecule has 0 aliphatic carbocycles. The van der Waals surface area contributed by atoms with E-state index in [-0.39, 0.29) is 36.4 Å². The zero-order valence-electron chi connectivity index (χ0n) is 16.9. The number of piperazine rings is 1. The highest BCUT2D eigenvalue weighted by molar-refractivity contribution is 14.0. The molecule has 1 fully saturated rings. The Balaban J connectivity index is 0.00000272. The minimum absolute atomic E-state index is 0. The first-order chi connectivity index (χ1) is 14.6. The number of nitrogens with zero attached hydrogens (tertiary/aromatic N) is 5. The van der Waals surface area contributed by atoms with Gasteiger partial charge < -0.3 is 19.5 Å². The molecule has 1 aliphatic rings. The third-order valence-corrected chi connectivity index (χ3v) is 5.06. The number of aliphatic imine (C=N–C) groups is 1. The van der Waals surface area contributed by atoms with Gasteiger partial charge in [0, 0.05) is 31.7 Å². The minimum Gasteiger partial charge on any atom is -0.461 e. The number of guanidine groups is 1. The van der Waals surface area contributed by atoms with Gasteiger partial charge in [0.25, 0.3) is 0 Å². The molecule has 0 atom stereocenters. The van der Waals surface area contributed by atoms with Crippen LogP contribution < -0.4 is 5.32 Å². The maximum absolute atomic E-state index is 12.6. The fourth-order valence-electron chi connectivity index (χ4n) is 3.25. The second-order valence-corrected chi connectivity index (χ2v) is 7.28. The highest BCUT2D eigenvalue weighted by Crippen LogP contribution is 2.15. The summed E-state index contributed by atoms with van der Waals surface area (Å²) in [5.41, 5.74) is 1.06. The van der Waals surface area contributed by atoms with Crippen molar-refractivity contribution < 1.29 is 9.21 Å². The van der Waals surface area contributed by atoms with Crippen molar-refractivity contribution in [3.8, 4) is 11.6 Å². The SMILES string of the molecule is CN=C(NCc1nc(-c2ccco2)n[nH]1)N1CCN(Cc2ccc(Cl)cc2)C(=O)C1.I. The Labute approximate surface area is 201 Å². The molecule has 3 aromatic rings. The summed E-state index contributed by atoms with van der Waals surface area (Å²) in [5.74, 6) is 2.45. The van der Waals surface area contributed by atoms with E-state index in [1.807, 2.05) is 34.1 Å². The molecule has 2 N–H and O–H groups in total. The van der Waals surface area contributed by atoms with Crippen molar-refractivity contribution in [1.82, 2.24) is 30.3 Å². The topological polar surface area (TPSA) is 103 Å². The quantitative estimate of drug-likeness (QED) is 0.285. The summed E-state index contributed by atoms with van der Waals surface area (Å²) in [4.78, 5) is 25.1. The molecular weight excluding hydrogens is 533 g/mol. The van der Waals surface area contributed by atoms with Gasteiger partial charge in [-0.05, 0) is 29.8 Å². The second kappa shape index (κ2) is 10.6. The number of furan rings is 1. The zero-order chi connectivity index (χ0) is 20.9. The first-order valence-electron chi connectivity index (χ1n) is 9.55. The molecule has 0 saturated carbocycles. The van der Waals surface area contributed by atoms with Gasteiger partial charge in [0.1, 0.15) is 5.82 Å². The predicted octanol–water partition coefficient (Wildman–Crippen LogP) is 2.76. The van der Waals surface area contributed by atoms with Gasteiger partial charge in [0.15, 0.2) is 11.7 Å². The lowest BCUT2D eigenvalue weighted by molar-refractivity contribution is -0.135. The molecule has 1 aliphatic heterocycles. The van der Waals surface area contributed by atoms with E-state index in [9.17, 15) is 4.79 Å². The van der Waals surface area contributed by atoms with Crippen LogP contribution in [0.3, 0.4) is 0 Å². The molecule has 1 saturated heterocycles. The van der Waals surface area contributed by atoms with E-state index in [2.05, 4.69) is 25.5 Å². The average Bonchev–Trinajstić information content (AvgIpc) is 3.44. The van der Waals surface area contributed by atoms with Crippen LogP contribution in [0.15, 0.2) is 52.1 Å². The Morgan fingerprint density at radius 1 is 1.29 bits per heavy atom. The molecule has 0 radical (unpaired) electrons. The van der Waals surface area contributed by atoms with Gasteiger partial charge in [-0.15, -0.1) is 29.1 Å². The smallest absolute Gasteiger partial charge is 0.242 e. The lowest BCUT2D eigenvalue weighted by atomic mass is 10.2. The van der Waals surface area contributed by atoms with Gasteiger partial charge in [-0.25, -0.2) is 4.98 Å². The molecule has 3 heterocycles. The van der Waals surface area contributed by atoms with Gasteiger partial charge in [-0.1, -0.05) is 23.7 Å². The number of halogens is 2. The Morgan fingerprint density at radius 2 is 2.10 bits per heavy atom. The summed E-state index contributed by atoms with van der Waals surface area (Å²) in [6, 6.07) is 11.1. The molecule has 1 amide bonds. The van der Waals surface area contributed by atoms with Gasteiger partial charge in [0.05, 0.1) is 19.4 Å². The molecule has 9 nitrogen and oxygen atoms in total. The van der Waals surface area contributed by atoms with Gasteiger partial charge >= 0.3 is 0 Å². The summed E-state index contributed by atoms with van der Waals surface area (Å²) in [5, 5.41) is 11.0. The number of nitrogens with one attached hydrogen (secondary N) is 2. The Hall–Kier alpha value is -2.60. The van der Waals surface area contributed by atoms with Crippen molar-refractivity contribution in [3.63, 3.8) is 0 Å². The molecule has 0 unspecified atom stereocenters. The van der Waals surface area contributed by atoms with E-state index in [4.69, 9.17) is 16.0 Å². The van der Waals surface area contributed by atoms with Crippen LogP contribution in [0.4, 0.5) is 0 Å². The summed E-state index contributed by atoms with van der Waals surface area (Å²) in [6.45, 7) is 2.55. The average molecular weight is 556 g/mol. The van der Waals surface area contributed by atoms with Gasteiger partial charge in [-0.2, -0.15) is 0 Å². The Kier molecular flexibility index (Phi) is 7.91. The first kappa shape index (κ1) is 23.1. The van der Waals surface area contributed by atoms with Crippen LogP contribution >= 0.6 is 35.6 Å². The van der Waals surface area contributed by atoms with Crippen LogP contribution in [0.25, 0.3) is 11.6 Å². The number of carbonyl (C=O) groups is 1. The van der Waals surface area contributed by atoms with Crippen molar-refractivity contribution in [3.05, 3.63) is 59.1 Å². The third-order valence-electron chi connectivity index (χ3n) is 4.80. The molecule has 31 heavy (non-hydrogen) atoms. The number of carbonyl (C=O) groups excluding carboxylic acids is 1. The minimum atomic E-state index is 0. The number of aromatic amines is 1. The van der Waals surface area contributed by atoms with Crippen LogP contribution in [0.2, 0.25) is 5.02 Å². The molecule has 0 bridgehead atoms. The predicted molar refractivity (Wildman–Crippen MR) is 128 cm³/mol. The number of rotatable bonds is 5. The Bertz CT molecular complexity index is 1020. The van der Waals surface area contributed by atoms with Crippen molar-refractivity contribution in [2.24, 2.45) is 4.99 Å². The van der Waals surface area contributed by atoms with E-state index in [0.29, 0.717) is 54.6 Å². The number of amides is 1. The fraction of sp³-hybridized carbons (Fsp3) is 0.300. The second-order valence-electron chi connectivity index (χ2n) is 6.85. The van der Waals surface area contributed by atoms with Crippen molar-refractivity contribution in [2.75, 3.05) is 26.7 Å². The lowest BCUT2D eigenvalue weighted by Crippen LogP contribution is -2.54. The normalized spacial score (nSPS) is 14.5. The molecule has 4 rings (SSSR count). The summed E-state index contributed by atoms with van der Waals surface area (Å²) < 4.78 is 5.30. The van der Waals surface area contributed by atoms with Crippen LogP contribution in [-0.4, -0.2) is 63.5 Å². The monoisotopic (exact) mass is 555 g/mol. The highest BCUT2D eigenvalue weighted by Gasteiger charge is 2.26. The first-order valence-corrected chi connectivity index (χ1v) is 9.93. The van der Waals surface area contributed by atoms with E-state index in [0.717, 1.165) is 5.56 Å². The molecular formula is C20H23ClIN7O2. The number of benzene rings is 1. The maximum Gasteiger partial charge on any atom is 0.242 e. The summed E-state index contributed by atoms with van der Waals surface area (Å²) >= 11 is 5.93. The van der Waals surface area contributed by atoms with E-state index in [1.165, 1.54) is 0 Å². The number of hydrogen-bond donors (Lipinski definition) is 2. The van der Waals surface area contributed by atoms with Crippen LogP contribution in [0.5, 0.6) is 0 Å². The Morgan fingerprint density at radius 3 is 2.77 bits per heavy atom. The lowest BCUT2D eigenvalue weighted by Gasteiger charge is -2.36. The number of H-pyrrole nitrogens is 1. The fourth-order valence-corrected chi connectivity index (χ4v) is 3.38. The van der Waals surface area contributed by atoms with Crippen LogP contribution in [-0.2, 0) is 17.9 Å². The number of hydrogen-bond acceptors (Lipinski definition) is 5. The number of aromatic nitrogens is 3. The third kappa shape index (κ3) is 5.76. The molecule has 0 spiro atoms. The van der Waals surface area contributed by atoms with Crippen molar-refractivity contribution in [1.29, 1.82) is 0 Å². The van der Waals surface area contributed by atoms with E-state index >= 15 is 0 Å². The largest absolute Gasteiger partial charge is 0.461 e. The maximum atomic E-state index is 12.6. The molecule has 2 aromatic heterocycles. The molecule has 1 aromatic carbocycles. The van der Waals surface area contributed by atoms with Crippen LogP contribution in [0.1, 0.15) is 11.4 Å². The van der Waals surface area contributed by atoms with Gasteiger partial charge in [0.2, 0.25) is 11.7 Å². The van der Waals surface area contributed by atoms with Gasteiger partial charge in [-0.3, -0.25) is 14.9 Å².